The van der Waals surface area contributed by atoms with E-state index in [1.165, 1.54) is 12.3 Å². The molecule has 3 rings (SSSR count). The van der Waals surface area contributed by atoms with Crippen molar-refractivity contribution in [2.24, 2.45) is 0 Å². The summed E-state index contributed by atoms with van der Waals surface area (Å²) in [6.07, 6.45) is -3.04. The molecule has 21 heavy (non-hydrogen) atoms. The van der Waals surface area contributed by atoms with Crippen LogP contribution in [0.5, 0.6) is 0 Å². The molecule has 0 atom stereocenters. The molecule has 0 radical (unpaired) electrons. The molecule has 0 spiro atoms. The maximum Gasteiger partial charge on any atom is 0.449 e. The molecule has 0 aliphatic carbocycles. The zero-order valence-electron chi connectivity index (χ0n) is 11.2. The number of nitrogens with zero attached hydrogens (tertiary/aromatic N) is 3. The lowest BCUT2D eigenvalue weighted by atomic mass is 10.1. The van der Waals surface area contributed by atoms with E-state index in [0.29, 0.717) is 0 Å². The number of imidazole rings is 1. The number of hydrogen-bond acceptors (Lipinski definition) is 2. The third kappa shape index (κ3) is 2.61. The van der Waals surface area contributed by atoms with Crippen molar-refractivity contribution >= 4 is 11.2 Å². The standard InChI is InChI=1S/C15H12F3N3/c1-10-4-6-11(7-5-10)9-21-13-12(3-2-8-19-13)20-14(21)15(16,17)18/h2-8H,9H2,1H3. The van der Waals surface area contributed by atoms with Crippen LogP contribution in [0.4, 0.5) is 13.2 Å². The van der Waals surface area contributed by atoms with Crippen molar-refractivity contribution in [2.75, 3.05) is 0 Å². The minimum absolute atomic E-state index is 0.0859. The number of hydrogen-bond donors (Lipinski definition) is 0. The molecule has 0 saturated heterocycles. The van der Waals surface area contributed by atoms with Gasteiger partial charge in [0.25, 0.3) is 0 Å². The van der Waals surface area contributed by atoms with E-state index in [9.17, 15) is 13.2 Å². The van der Waals surface area contributed by atoms with Gasteiger partial charge in [0.15, 0.2) is 5.65 Å². The minimum Gasteiger partial charge on any atom is -0.301 e. The lowest BCUT2D eigenvalue weighted by Gasteiger charge is -2.11. The van der Waals surface area contributed by atoms with Crippen LogP contribution in [0, 0.1) is 6.92 Å². The van der Waals surface area contributed by atoms with Gasteiger partial charge < -0.3 is 4.57 Å². The van der Waals surface area contributed by atoms with Gasteiger partial charge in [-0.25, -0.2) is 9.97 Å². The van der Waals surface area contributed by atoms with Crippen molar-refractivity contribution in [3.05, 3.63) is 59.5 Å². The third-order valence-corrected chi connectivity index (χ3v) is 3.22. The Morgan fingerprint density at radius 1 is 1.10 bits per heavy atom. The SMILES string of the molecule is Cc1ccc(Cn2c(C(F)(F)F)nc3cccnc32)cc1. The number of aryl methyl sites for hydroxylation is 1. The Morgan fingerprint density at radius 3 is 2.48 bits per heavy atom. The van der Waals surface area contributed by atoms with Gasteiger partial charge >= 0.3 is 6.18 Å². The molecule has 0 N–H and O–H groups in total. The maximum absolute atomic E-state index is 13.1. The largest absolute Gasteiger partial charge is 0.449 e. The van der Waals surface area contributed by atoms with Crippen LogP contribution in [0.2, 0.25) is 0 Å². The van der Waals surface area contributed by atoms with E-state index in [1.807, 2.05) is 31.2 Å². The van der Waals surface area contributed by atoms with Crippen LogP contribution in [-0.2, 0) is 12.7 Å². The second-order valence-corrected chi connectivity index (χ2v) is 4.85. The number of fused-ring (bicyclic) bond motifs is 1. The average molecular weight is 291 g/mol. The van der Waals surface area contributed by atoms with E-state index in [1.54, 1.807) is 6.07 Å². The Hall–Kier alpha value is -2.37. The first kappa shape index (κ1) is 13.6. The smallest absolute Gasteiger partial charge is 0.301 e. The highest BCUT2D eigenvalue weighted by atomic mass is 19.4. The van der Waals surface area contributed by atoms with Gasteiger partial charge in [-0.2, -0.15) is 13.2 Å². The summed E-state index contributed by atoms with van der Waals surface area (Å²) >= 11 is 0. The zero-order chi connectivity index (χ0) is 15.0. The molecule has 0 amide bonds. The molecule has 0 fully saturated rings. The van der Waals surface area contributed by atoms with Crippen molar-refractivity contribution < 1.29 is 13.2 Å². The van der Waals surface area contributed by atoms with Crippen LogP contribution >= 0.6 is 0 Å². The number of benzene rings is 1. The number of halogens is 3. The van der Waals surface area contributed by atoms with Gasteiger partial charge in [0.05, 0.1) is 6.54 Å². The predicted molar refractivity (Wildman–Crippen MR) is 72.8 cm³/mol. The van der Waals surface area contributed by atoms with E-state index in [2.05, 4.69) is 9.97 Å². The first-order chi connectivity index (χ1) is 9.95. The van der Waals surface area contributed by atoms with Gasteiger partial charge in [-0.3, -0.25) is 0 Å². The lowest BCUT2D eigenvalue weighted by molar-refractivity contribution is -0.146. The molecule has 2 heterocycles. The van der Waals surface area contributed by atoms with Crippen molar-refractivity contribution in [1.82, 2.24) is 14.5 Å². The molecule has 3 nitrogen and oxygen atoms in total. The highest BCUT2D eigenvalue weighted by Crippen LogP contribution is 2.31. The van der Waals surface area contributed by atoms with Crippen LogP contribution in [0.1, 0.15) is 17.0 Å². The molecule has 1 aromatic carbocycles. The van der Waals surface area contributed by atoms with Gasteiger partial charge in [0.1, 0.15) is 5.52 Å². The summed E-state index contributed by atoms with van der Waals surface area (Å²) in [7, 11) is 0. The fraction of sp³-hybridized carbons (Fsp3) is 0.200. The van der Waals surface area contributed by atoms with Crippen LogP contribution in [0.15, 0.2) is 42.6 Å². The summed E-state index contributed by atoms with van der Waals surface area (Å²) in [6.45, 7) is 2.02. The lowest BCUT2D eigenvalue weighted by Crippen LogP contribution is -2.15. The number of pyridine rings is 1. The molecule has 6 heteroatoms. The Balaban J connectivity index is 2.13. The highest BCUT2D eigenvalue weighted by molar-refractivity contribution is 5.71. The Morgan fingerprint density at radius 2 is 1.81 bits per heavy atom. The molecule has 3 aromatic rings. The first-order valence-electron chi connectivity index (χ1n) is 6.39. The van der Waals surface area contributed by atoms with Gasteiger partial charge in [0, 0.05) is 6.20 Å². The summed E-state index contributed by atoms with van der Waals surface area (Å²) in [5.41, 5.74) is 2.32. The second kappa shape index (κ2) is 4.87. The summed E-state index contributed by atoms with van der Waals surface area (Å²) < 4.78 is 40.5. The van der Waals surface area contributed by atoms with Crippen molar-refractivity contribution in [1.29, 1.82) is 0 Å². The van der Waals surface area contributed by atoms with Crippen LogP contribution in [-0.4, -0.2) is 14.5 Å². The fourth-order valence-electron chi connectivity index (χ4n) is 2.20. The number of aromatic nitrogens is 3. The van der Waals surface area contributed by atoms with Crippen LogP contribution in [0.3, 0.4) is 0 Å². The summed E-state index contributed by atoms with van der Waals surface area (Å²) in [6, 6.07) is 10.5. The summed E-state index contributed by atoms with van der Waals surface area (Å²) in [5, 5.41) is 0. The van der Waals surface area contributed by atoms with E-state index >= 15 is 0 Å². The molecule has 108 valence electrons. The zero-order valence-corrected chi connectivity index (χ0v) is 11.2. The Kier molecular flexibility index (Phi) is 3.16. The van der Waals surface area contributed by atoms with E-state index in [0.717, 1.165) is 15.7 Å². The maximum atomic E-state index is 13.1. The number of rotatable bonds is 2. The van der Waals surface area contributed by atoms with E-state index < -0.39 is 12.0 Å². The Labute approximate surface area is 119 Å². The fourth-order valence-corrected chi connectivity index (χ4v) is 2.20. The van der Waals surface area contributed by atoms with Crippen molar-refractivity contribution in [2.45, 2.75) is 19.6 Å². The van der Waals surface area contributed by atoms with Crippen LogP contribution in [0.25, 0.3) is 11.2 Å². The molecule has 0 bridgehead atoms. The topological polar surface area (TPSA) is 30.7 Å². The first-order valence-corrected chi connectivity index (χ1v) is 6.39. The molecule has 0 aliphatic heterocycles. The summed E-state index contributed by atoms with van der Waals surface area (Å²) in [4.78, 5) is 7.70. The average Bonchev–Trinajstić information content (AvgIpc) is 2.81. The van der Waals surface area contributed by atoms with E-state index in [4.69, 9.17) is 0 Å². The normalized spacial score (nSPS) is 12.0. The highest BCUT2D eigenvalue weighted by Gasteiger charge is 2.37. The minimum atomic E-state index is -4.51. The predicted octanol–water partition coefficient (Wildman–Crippen LogP) is 3.81. The van der Waals surface area contributed by atoms with Crippen molar-refractivity contribution in [3.8, 4) is 0 Å². The van der Waals surface area contributed by atoms with Crippen LogP contribution < -0.4 is 0 Å². The molecule has 0 saturated carbocycles. The van der Waals surface area contributed by atoms with Gasteiger partial charge in [-0.1, -0.05) is 29.8 Å². The quantitative estimate of drug-likeness (QED) is 0.719. The van der Waals surface area contributed by atoms with Crippen molar-refractivity contribution in [3.63, 3.8) is 0 Å². The molecule has 0 unspecified atom stereocenters. The molecular weight excluding hydrogens is 279 g/mol. The molecular formula is C15H12F3N3. The monoisotopic (exact) mass is 291 g/mol. The summed E-state index contributed by atoms with van der Waals surface area (Å²) in [5.74, 6) is -0.920. The van der Waals surface area contributed by atoms with E-state index in [-0.39, 0.29) is 17.7 Å². The van der Waals surface area contributed by atoms with Gasteiger partial charge in [-0.05, 0) is 24.6 Å². The molecule has 2 aromatic heterocycles. The van der Waals surface area contributed by atoms with Gasteiger partial charge in [-0.15, -0.1) is 0 Å². The number of alkyl halides is 3. The Bertz CT molecular complexity index is 773. The molecule has 0 aliphatic rings. The van der Waals surface area contributed by atoms with Gasteiger partial charge in [0.2, 0.25) is 5.82 Å². The second-order valence-electron chi connectivity index (χ2n) is 4.85. The third-order valence-electron chi connectivity index (χ3n) is 3.22.